The third kappa shape index (κ3) is 11.4. The van der Waals surface area contributed by atoms with Gasteiger partial charge in [-0.15, -0.1) is 0 Å². The third-order valence-corrected chi connectivity index (χ3v) is 2.80. The summed E-state index contributed by atoms with van der Waals surface area (Å²) in [4.78, 5) is 33.7. The first-order valence-corrected chi connectivity index (χ1v) is 7.73. The molecular formula is C17H26O7. The molecule has 0 amide bonds. The van der Waals surface area contributed by atoms with E-state index < -0.39 is 24.0 Å². The molecule has 0 fully saturated rings. The molecule has 0 radical (unpaired) electrons. The number of unbranched alkanes of at least 4 members (excludes halogenated alkanes) is 2. The molecule has 24 heavy (non-hydrogen) atoms. The Hall–Kier alpha value is -2.15. The van der Waals surface area contributed by atoms with E-state index in [0.29, 0.717) is 24.8 Å². The summed E-state index contributed by atoms with van der Waals surface area (Å²) < 4.78 is 14.5. The summed E-state index contributed by atoms with van der Waals surface area (Å²) in [7, 11) is 0. The summed E-state index contributed by atoms with van der Waals surface area (Å²) in [5, 5.41) is 9.53. The van der Waals surface area contributed by atoms with E-state index in [0.717, 1.165) is 0 Å². The molecule has 0 heterocycles. The van der Waals surface area contributed by atoms with Crippen LogP contribution < -0.4 is 0 Å². The zero-order valence-corrected chi connectivity index (χ0v) is 14.3. The first-order chi connectivity index (χ1) is 11.2. The Morgan fingerprint density at radius 2 is 1.42 bits per heavy atom. The van der Waals surface area contributed by atoms with Crippen molar-refractivity contribution < 1.29 is 33.7 Å². The highest BCUT2D eigenvalue weighted by Crippen LogP contribution is 2.04. The average Bonchev–Trinajstić information content (AvgIpc) is 2.53. The number of hydrogen-bond acceptors (Lipinski definition) is 7. The van der Waals surface area contributed by atoms with Gasteiger partial charge in [0.1, 0.15) is 19.3 Å². The summed E-state index contributed by atoms with van der Waals surface area (Å²) in [6.07, 6.45) is 1.07. The van der Waals surface area contributed by atoms with Crippen LogP contribution in [-0.4, -0.2) is 48.9 Å². The number of aliphatic hydroxyl groups is 1. The van der Waals surface area contributed by atoms with Gasteiger partial charge in [0.05, 0.1) is 6.61 Å². The lowest BCUT2D eigenvalue weighted by molar-refractivity contribution is -0.150. The van der Waals surface area contributed by atoms with E-state index in [1.807, 2.05) is 0 Å². The summed E-state index contributed by atoms with van der Waals surface area (Å²) >= 11 is 0. The Morgan fingerprint density at radius 1 is 0.875 bits per heavy atom. The SMILES string of the molecule is C=C(C)C(=O)OCCCCCC(=O)OCC(O)COC(=O)C(=C)C. The smallest absolute Gasteiger partial charge is 0.333 e. The van der Waals surface area contributed by atoms with E-state index in [1.165, 1.54) is 6.92 Å². The lowest BCUT2D eigenvalue weighted by Crippen LogP contribution is -2.25. The largest absolute Gasteiger partial charge is 0.463 e. The van der Waals surface area contributed by atoms with Gasteiger partial charge < -0.3 is 19.3 Å². The molecule has 0 aromatic carbocycles. The molecule has 1 unspecified atom stereocenters. The number of ether oxygens (including phenoxy) is 3. The topological polar surface area (TPSA) is 99.1 Å². The van der Waals surface area contributed by atoms with Crippen LogP contribution in [0, 0.1) is 0 Å². The second kappa shape index (κ2) is 12.3. The standard InChI is InChI=1S/C17H26O7/c1-12(2)16(20)22-9-7-5-6-8-15(19)23-10-14(18)11-24-17(21)13(3)4/h14,18H,1,3,5-11H2,2,4H3. The van der Waals surface area contributed by atoms with Gasteiger partial charge >= 0.3 is 17.9 Å². The number of aliphatic hydroxyl groups excluding tert-OH is 1. The van der Waals surface area contributed by atoms with Crippen LogP contribution >= 0.6 is 0 Å². The predicted octanol–water partition coefficient (Wildman–Crippen LogP) is 1.69. The highest BCUT2D eigenvalue weighted by Gasteiger charge is 2.12. The Bertz CT molecular complexity index is 468. The van der Waals surface area contributed by atoms with Crippen LogP contribution in [0.4, 0.5) is 0 Å². The quantitative estimate of drug-likeness (QED) is 0.249. The van der Waals surface area contributed by atoms with Gasteiger partial charge in [0.2, 0.25) is 0 Å². The van der Waals surface area contributed by atoms with Crippen LogP contribution in [0.1, 0.15) is 39.5 Å². The fourth-order valence-electron chi connectivity index (χ4n) is 1.44. The van der Waals surface area contributed by atoms with Gasteiger partial charge in [-0.2, -0.15) is 0 Å². The molecule has 0 aromatic heterocycles. The number of carbonyl (C=O) groups excluding carboxylic acids is 3. The van der Waals surface area contributed by atoms with Crippen molar-refractivity contribution in [1.29, 1.82) is 0 Å². The van der Waals surface area contributed by atoms with Crippen molar-refractivity contribution in [3.05, 3.63) is 24.3 Å². The van der Waals surface area contributed by atoms with Crippen molar-refractivity contribution in [1.82, 2.24) is 0 Å². The number of esters is 3. The molecule has 7 heteroatoms. The lowest BCUT2D eigenvalue weighted by atomic mass is 10.2. The average molecular weight is 342 g/mol. The monoisotopic (exact) mass is 342 g/mol. The molecule has 0 aliphatic carbocycles. The van der Waals surface area contributed by atoms with Gasteiger partial charge in [0.25, 0.3) is 0 Å². The molecule has 7 nitrogen and oxygen atoms in total. The first-order valence-electron chi connectivity index (χ1n) is 7.73. The fourth-order valence-corrected chi connectivity index (χ4v) is 1.44. The van der Waals surface area contributed by atoms with Crippen molar-refractivity contribution in [2.75, 3.05) is 19.8 Å². The highest BCUT2D eigenvalue weighted by atomic mass is 16.6. The van der Waals surface area contributed by atoms with Crippen LogP contribution in [0.5, 0.6) is 0 Å². The minimum absolute atomic E-state index is 0.201. The normalized spacial score (nSPS) is 11.3. The summed E-state index contributed by atoms with van der Waals surface area (Å²) in [5.74, 6) is -1.47. The second-order valence-electron chi connectivity index (χ2n) is 5.44. The maximum absolute atomic E-state index is 11.5. The first kappa shape index (κ1) is 21.9. The van der Waals surface area contributed by atoms with Gasteiger partial charge in [0, 0.05) is 17.6 Å². The molecule has 0 spiro atoms. The Balaban J connectivity index is 3.62. The van der Waals surface area contributed by atoms with E-state index in [1.54, 1.807) is 6.92 Å². The zero-order chi connectivity index (χ0) is 18.5. The van der Waals surface area contributed by atoms with Crippen LogP contribution in [0.3, 0.4) is 0 Å². The van der Waals surface area contributed by atoms with Crippen molar-refractivity contribution in [3.63, 3.8) is 0 Å². The van der Waals surface area contributed by atoms with Crippen molar-refractivity contribution >= 4 is 17.9 Å². The van der Waals surface area contributed by atoms with Gasteiger partial charge in [-0.05, 0) is 33.1 Å². The fraction of sp³-hybridized carbons (Fsp3) is 0.588. The molecule has 0 aromatic rings. The molecular weight excluding hydrogens is 316 g/mol. The van der Waals surface area contributed by atoms with Gasteiger partial charge in [-0.1, -0.05) is 13.2 Å². The van der Waals surface area contributed by atoms with Crippen LogP contribution in [-0.2, 0) is 28.6 Å². The molecule has 0 saturated carbocycles. The summed E-state index contributed by atoms with van der Waals surface area (Å²) in [5.41, 5.74) is 0.583. The van der Waals surface area contributed by atoms with Crippen LogP contribution in [0.15, 0.2) is 24.3 Å². The number of hydrogen-bond donors (Lipinski definition) is 1. The minimum Gasteiger partial charge on any atom is -0.463 e. The lowest BCUT2D eigenvalue weighted by Gasteiger charge is -2.12. The maximum atomic E-state index is 11.5. The van der Waals surface area contributed by atoms with Crippen LogP contribution in [0.25, 0.3) is 0 Å². The van der Waals surface area contributed by atoms with E-state index in [-0.39, 0.29) is 31.8 Å². The maximum Gasteiger partial charge on any atom is 0.333 e. The Morgan fingerprint density at radius 3 is 2.00 bits per heavy atom. The van der Waals surface area contributed by atoms with Gasteiger partial charge in [-0.25, -0.2) is 9.59 Å². The van der Waals surface area contributed by atoms with E-state index in [4.69, 9.17) is 14.2 Å². The van der Waals surface area contributed by atoms with E-state index >= 15 is 0 Å². The molecule has 136 valence electrons. The summed E-state index contributed by atoms with van der Waals surface area (Å²) in [6.45, 7) is 9.74. The Labute approximate surface area is 142 Å². The number of carbonyl (C=O) groups is 3. The second-order valence-corrected chi connectivity index (χ2v) is 5.44. The van der Waals surface area contributed by atoms with Crippen molar-refractivity contribution in [2.45, 2.75) is 45.6 Å². The van der Waals surface area contributed by atoms with Crippen LogP contribution in [0.2, 0.25) is 0 Å². The van der Waals surface area contributed by atoms with Gasteiger partial charge in [0.15, 0.2) is 0 Å². The third-order valence-electron chi connectivity index (χ3n) is 2.80. The predicted molar refractivity (Wildman–Crippen MR) is 87.0 cm³/mol. The van der Waals surface area contributed by atoms with Crippen molar-refractivity contribution in [2.24, 2.45) is 0 Å². The zero-order valence-electron chi connectivity index (χ0n) is 14.3. The number of rotatable bonds is 12. The molecule has 1 atom stereocenters. The molecule has 0 aliphatic heterocycles. The van der Waals surface area contributed by atoms with Gasteiger partial charge in [-0.3, -0.25) is 4.79 Å². The van der Waals surface area contributed by atoms with E-state index in [2.05, 4.69) is 13.2 Å². The minimum atomic E-state index is -1.07. The van der Waals surface area contributed by atoms with E-state index in [9.17, 15) is 19.5 Å². The summed E-state index contributed by atoms with van der Waals surface area (Å²) in [6, 6.07) is 0. The molecule has 0 rings (SSSR count). The highest BCUT2D eigenvalue weighted by molar-refractivity contribution is 5.87. The molecule has 1 N–H and O–H groups in total. The molecule has 0 aliphatic rings. The Kier molecular flexibility index (Phi) is 11.2. The molecule has 0 bridgehead atoms. The molecule has 0 saturated heterocycles. The van der Waals surface area contributed by atoms with Crippen molar-refractivity contribution in [3.8, 4) is 0 Å².